The fraction of sp³-hybridized carbons (Fsp3) is 0.692. The number of esters is 1. The van der Waals surface area contributed by atoms with Crippen LogP contribution >= 0.6 is 0 Å². The van der Waals surface area contributed by atoms with Crippen LogP contribution in [0.25, 0.3) is 0 Å². The van der Waals surface area contributed by atoms with Gasteiger partial charge in [0.1, 0.15) is 0 Å². The second-order valence-electron chi connectivity index (χ2n) is 11.7. The maximum absolute atomic E-state index is 12.2. The van der Waals surface area contributed by atoms with Crippen molar-refractivity contribution in [2.75, 3.05) is 0 Å². The van der Waals surface area contributed by atoms with Crippen molar-refractivity contribution in [1.82, 2.24) is 0 Å². The number of allylic oxidation sites excluding steroid dienone is 10. The number of unbranched alkanes of at least 4 members (excludes halogenated alkanes) is 15. The Kier molecular flexibility index (Phi) is 32.3. The molecule has 0 aromatic rings. The molecule has 0 aliphatic rings. The standard InChI is InChI=1S/C39H66O4/c1-3-5-7-9-11-13-15-17-18-19-20-21-22-24-26-28-30-32-34-36-38(40)43-37(39(41)42)35-33-31-29-27-25-23-16-14-12-10-8-6-4-2/h5,7,11,13,17-18,20-21,24,26,37H,3-4,6,8-10,12,14-16,19,22-23,25,27-36H2,1-2H3,(H,41,42)/b7-5-,13-11-,18-17-,21-20-,26-24-. The van der Waals surface area contributed by atoms with E-state index in [9.17, 15) is 14.7 Å². The van der Waals surface area contributed by atoms with Gasteiger partial charge in [0.2, 0.25) is 0 Å². The van der Waals surface area contributed by atoms with Gasteiger partial charge in [0.15, 0.2) is 6.10 Å². The molecule has 0 aromatic carbocycles. The molecule has 0 bridgehead atoms. The smallest absolute Gasteiger partial charge is 0.345 e. The molecule has 4 nitrogen and oxygen atoms in total. The zero-order chi connectivity index (χ0) is 31.5. The topological polar surface area (TPSA) is 63.6 Å². The summed E-state index contributed by atoms with van der Waals surface area (Å²) in [6.45, 7) is 4.41. The van der Waals surface area contributed by atoms with Gasteiger partial charge in [-0.2, -0.15) is 0 Å². The van der Waals surface area contributed by atoms with Gasteiger partial charge in [-0.25, -0.2) is 4.79 Å². The van der Waals surface area contributed by atoms with Crippen molar-refractivity contribution in [3.05, 3.63) is 60.8 Å². The molecular formula is C39H66O4. The minimum absolute atomic E-state index is 0.300. The molecule has 43 heavy (non-hydrogen) atoms. The van der Waals surface area contributed by atoms with E-state index in [4.69, 9.17) is 4.74 Å². The highest BCUT2D eigenvalue weighted by molar-refractivity contribution is 5.77. The van der Waals surface area contributed by atoms with E-state index >= 15 is 0 Å². The van der Waals surface area contributed by atoms with Crippen LogP contribution in [0.5, 0.6) is 0 Å². The number of carbonyl (C=O) groups is 2. The van der Waals surface area contributed by atoms with E-state index in [-0.39, 0.29) is 5.97 Å². The maximum atomic E-state index is 12.2. The van der Waals surface area contributed by atoms with Crippen LogP contribution in [-0.4, -0.2) is 23.1 Å². The van der Waals surface area contributed by atoms with Gasteiger partial charge < -0.3 is 9.84 Å². The Morgan fingerprint density at radius 2 is 0.953 bits per heavy atom. The van der Waals surface area contributed by atoms with Crippen molar-refractivity contribution < 1.29 is 19.4 Å². The highest BCUT2D eigenvalue weighted by Crippen LogP contribution is 2.15. The molecule has 0 saturated carbocycles. The summed E-state index contributed by atoms with van der Waals surface area (Å²) in [5.41, 5.74) is 0. The van der Waals surface area contributed by atoms with Gasteiger partial charge in [-0.1, -0.05) is 158 Å². The van der Waals surface area contributed by atoms with Crippen molar-refractivity contribution in [2.24, 2.45) is 0 Å². The average molecular weight is 599 g/mol. The van der Waals surface area contributed by atoms with Gasteiger partial charge in [0.25, 0.3) is 0 Å². The molecule has 0 spiro atoms. The molecule has 0 heterocycles. The largest absolute Gasteiger partial charge is 0.479 e. The Bertz CT molecular complexity index is 774. The molecule has 1 N–H and O–H groups in total. The van der Waals surface area contributed by atoms with Gasteiger partial charge in [0.05, 0.1) is 0 Å². The zero-order valence-electron chi connectivity index (χ0n) is 28.0. The number of hydrogen-bond donors (Lipinski definition) is 1. The second-order valence-corrected chi connectivity index (χ2v) is 11.7. The molecular weight excluding hydrogens is 532 g/mol. The van der Waals surface area contributed by atoms with Crippen LogP contribution in [0, 0.1) is 0 Å². The summed E-state index contributed by atoms with van der Waals surface area (Å²) in [6, 6.07) is 0. The molecule has 0 aliphatic carbocycles. The Morgan fingerprint density at radius 1 is 0.535 bits per heavy atom. The third kappa shape index (κ3) is 32.4. The summed E-state index contributed by atoms with van der Waals surface area (Å²) >= 11 is 0. The third-order valence-corrected chi connectivity index (χ3v) is 7.53. The summed E-state index contributed by atoms with van der Waals surface area (Å²) in [4.78, 5) is 23.7. The number of carboxylic acid groups (broad SMARTS) is 1. The Balaban J connectivity index is 3.69. The van der Waals surface area contributed by atoms with Gasteiger partial charge >= 0.3 is 11.9 Å². The first kappa shape index (κ1) is 40.6. The third-order valence-electron chi connectivity index (χ3n) is 7.53. The first-order valence-corrected chi connectivity index (χ1v) is 17.8. The van der Waals surface area contributed by atoms with E-state index in [2.05, 4.69) is 74.6 Å². The zero-order valence-corrected chi connectivity index (χ0v) is 28.0. The lowest BCUT2D eigenvalue weighted by molar-refractivity contribution is -0.164. The second kappa shape index (κ2) is 34.1. The number of hydrogen-bond acceptors (Lipinski definition) is 3. The molecule has 0 radical (unpaired) electrons. The van der Waals surface area contributed by atoms with Crippen molar-refractivity contribution in [2.45, 2.75) is 174 Å². The molecule has 246 valence electrons. The van der Waals surface area contributed by atoms with Gasteiger partial charge in [-0.05, 0) is 64.2 Å². The summed E-state index contributed by atoms with van der Waals surface area (Å²) in [5.74, 6) is -1.40. The molecule has 1 unspecified atom stereocenters. The van der Waals surface area contributed by atoms with Gasteiger partial charge in [-0.15, -0.1) is 0 Å². The van der Waals surface area contributed by atoms with E-state index in [0.717, 1.165) is 77.0 Å². The van der Waals surface area contributed by atoms with Crippen molar-refractivity contribution in [1.29, 1.82) is 0 Å². The van der Waals surface area contributed by atoms with Crippen molar-refractivity contribution >= 4 is 11.9 Å². The predicted molar refractivity (Wildman–Crippen MR) is 185 cm³/mol. The van der Waals surface area contributed by atoms with Crippen LogP contribution in [0.3, 0.4) is 0 Å². The monoisotopic (exact) mass is 598 g/mol. The van der Waals surface area contributed by atoms with E-state index < -0.39 is 12.1 Å². The Hall–Kier alpha value is -2.36. The maximum Gasteiger partial charge on any atom is 0.345 e. The normalized spacial score (nSPS) is 13.0. The fourth-order valence-corrected chi connectivity index (χ4v) is 4.87. The van der Waals surface area contributed by atoms with Gasteiger partial charge in [0, 0.05) is 6.42 Å². The van der Waals surface area contributed by atoms with Crippen LogP contribution in [0.1, 0.15) is 168 Å². The van der Waals surface area contributed by atoms with Crippen molar-refractivity contribution in [3.63, 3.8) is 0 Å². The molecule has 0 amide bonds. The first-order chi connectivity index (χ1) is 21.1. The number of aliphatic carboxylic acids is 1. The van der Waals surface area contributed by atoms with E-state index in [0.29, 0.717) is 12.8 Å². The molecule has 4 heteroatoms. The summed E-state index contributed by atoms with van der Waals surface area (Å²) in [7, 11) is 0. The van der Waals surface area contributed by atoms with Crippen LogP contribution in [0.2, 0.25) is 0 Å². The summed E-state index contributed by atoms with van der Waals surface area (Å²) < 4.78 is 5.29. The quantitative estimate of drug-likeness (QED) is 0.0490. The number of ether oxygens (including phenoxy) is 1. The average Bonchev–Trinajstić information content (AvgIpc) is 3.00. The van der Waals surface area contributed by atoms with E-state index in [1.54, 1.807) is 0 Å². The molecule has 0 aromatic heterocycles. The minimum atomic E-state index is -1.02. The minimum Gasteiger partial charge on any atom is -0.479 e. The number of carboxylic acids is 1. The van der Waals surface area contributed by atoms with Crippen LogP contribution in [0.4, 0.5) is 0 Å². The summed E-state index contributed by atoms with van der Waals surface area (Å²) in [6.07, 6.45) is 46.7. The molecule has 0 rings (SSSR count). The van der Waals surface area contributed by atoms with Crippen LogP contribution in [0.15, 0.2) is 60.8 Å². The molecule has 1 atom stereocenters. The Morgan fingerprint density at radius 3 is 1.42 bits per heavy atom. The number of carbonyl (C=O) groups excluding carboxylic acids is 1. The van der Waals surface area contributed by atoms with Gasteiger partial charge in [-0.3, -0.25) is 4.79 Å². The van der Waals surface area contributed by atoms with Crippen molar-refractivity contribution in [3.8, 4) is 0 Å². The summed E-state index contributed by atoms with van der Waals surface area (Å²) in [5, 5.41) is 9.45. The lowest BCUT2D eigenvalue weighted by atomic mass is 10.0. The van der Waals surface area contributed by atoms with E-state index in [1.165, 1.54) is 64.2 Å². The SMILES string of the molecule is CC/C=C\C/C=C\C/C=C\C/C=C\C/C=C\CCCCCC(=O)OC(CCCCCCCCCCCCCCC)C(=O)O. The first-order valence-electron chi connectivity index (χ1n) is 17.8. The highest BCUT2D eigenvalue weighted by Gasteiger charge is 2.21. The highest BCUT2D eigenvalue weighted by atomic mass is 16.6. The molecule has 0 aliphatic heterocycles. The van der Waals surface area contributed by atoms with Crippen LogP contribution < -0.4 is 0 Å². The van der Waals surface area contributed by atoms with E-state index in [1.807, 2.05) is 0 Å². The van der Waals surface area contributed by atoms with Crippen LogP contribution in [-0.2, 0) is 14.3 Å². The lowest BCUT2D eigenvalue weighted by Gasteiger charge is -2.13. The predicted octanol–water partition coefficient (Wildman–Crippen LogP) is 12.2. The Labute approximate surface area is 265 Å². The fourth-order valence-electron chi connectivity index (χ4n) is 4.87. The molecule has 0 fully saturated rings. The molecule has 0 saturated heterocycles. The number of rotatable bonds is 31. The lowest BCUT2D eigenvalue weighted by Crippen LogP contribution is -2.27.